The molecule has 0 aliphatic carbocycles. The van der Waals surface area contributed by atoms with Gasteiger partial charge in [0.1, 0.15) is 23.6 Å². The number of piperidine rings is 1. The van der Waals surface area contributed by atoms with E-state index in [0.29, 0.717) is 11.6 Å². The molecule has 1 aliphatic rings. The molecule has 1 unspecified atom stereocenters. The van der Waals surface area contributed by atoms with Crippen LogP contribution in [0.15, 0.2) is 36.8 Å². The largest absolute Gasteiger partial charge is 0.374 e. The summed E-state index contributed by atoms with van der Waals surface area (Å²) in [4.78, 5) is 26.2. The summed E-state index contributed by atoms with van der Waals surface area (Å²) in [6.45, 7) is 1.51. The van der Waals surface area contributed by atoms with Gasteiger partial charge in [0.15, 0.2) is 0 Å². The van der Waals surface area contributed by atoms with Crippen LogP contribution in [0.5, 0.6) is 0 Å². The van der Waals surface area contributed by atoms with E-state index in [1.54, 1.807) is 6.33 Å². The lowest BCUT2D eigenvalue weighted by molar-refractivity contribution is -0.120. The van der Waals surface area contributed by atoms with E-state index in [4.69, 9.17) is 11.6 Å². The molecule has 3 N–H and O–H groups in total. The highest BCUT2D eigenvalue weighted by atomic mass is 35.5. The summed E-state index contributed by atoms with van der Waals surface area (Å²) in [5.74, 6) is 0.227. The summed E-state index contributed by atoms with van der Waals surface area (Å²) in [6.07, 6.45) is 5.21. The van der Waals surface area contributed by atoms with Crippen LogP contribution in [0.2, 0.25) is 5.02 Å². The summed E-state index contributed by atoms with van der Waals surface area (Å²) in [6, 6.07) is 6.15. The Hall–Kier alpha value is -2.87. The third-order valence-electron chi connectivity index (χ3n) is 4.79. The molecule has 9 heteroatoms. The van der Waals surface area contributed by atoms with Crippen LogP contribution in [0.1, 0.15) is 12.8 Å². The van der Waals surface area contributed by atoms with Gasteiger partial charge in [-0.3, -0.25) is 4.79 Å². The van der Waals surface area contributed by atoms with Gasteiger partial charge < -0.3 is 20.5 Å². The standard InChI is InChI=1S/C19H20ClFN6O/c20-12-3-4-15(21)16(8-12)23-9-17(28)26-13-2-1-7-27(10-13)19-14-5-6-22-18(14)24-11-25-19/h3-6,8,11,13,23H,1-2,7,9-10H2,(H,26,28)(H,22,24,25). The molecule has 0 bridgehead atoms. The Balaban J connectivity index is 1.36. The van der Waals surface area contributed by atoms with Crippen LogP contribution >= 0.6 is 11.6 Å². The molecule has 1 atom stereocenters. The highest BCUT2D eigenvalue weighted by Crippen LogP contribution is 2.25. The van der Waals surface area contributed by atoms with Gasteiger partial charge in [-0.1, -0.05) is 11.6 Å². The molecular weight excluding hydrogens is 383 g/mol. The zero-order chi connectivity index (χ0) is 19.5. The van der Waals surface area contributed by atoms with Crippen LogP contribution in [-0.2, 0) is 4.79 Å². The number of carbonyl (C=O) groups excluding carboxylic acids is 1. The fourth-order valence-corrected chi connectivity index (χ4v) is 3.66. The highest BCUT2D eigenvalue weighted by Gasteiger charge is 2.24. The van der Waals surface area contributed by atoms with Crippen LogP contribution < -0.4 is 15.5 Å². The number of halogens is 2. The summed E-state index contributed by atoms with van der Waals surface area (Å²) in [5.41, 5.74) is 1.01. The van der Waals surface area contributed by atoms with Gasteiger partial charge in [-0.25, -0.2) is 14.4 Å². The number of hydrogen-bond acceptors (Lipinski definition) is 5. The number of H-pyrrole nitrogens is 1. The molecule has 146 valence electrons. The highest BCUT2D eigenvalue weighted by molar-refractivity contribution is 6.30. The average molecular weight is 403 g/mol. The summed E-state index contributed by atoms with van der Waals surface area (Å²) < 4.78 is 13.7. The van der Waals surface area contributed by atoms with Crippen molar-refractivity contribution in [2.45, 2.75) is 18.9 Å². The zero-order valence-corrected chi connectivity index (χ0v) is 15.8. The molecule has 1 aromatic carbocycles. The van der Waals surface area contributed by atoms with Crippen LogP contribution in [-0.4, -0.2) is 46.5 Å². The summed E-state index contributed by atoms with van der Waals surface area (Å²) in [5, 5.41) is 7.19. The first-order chi connectivity index (χ1) is 13.6. The minimum Gasteiger partial charge on any atom is -0.374 e. The van der Waals surface area contributed by atoms with Gasteiger partial charge >= 0.3 is 0 Å². The maximum absolute atomic E-state index is 13.7. The predicted molar refractivity (Wildman–Crippen MR) is 107 cm³/mol. The lowest BCUT2D eigenvalue weighted by Gasteiger charge is -2.34. The molecule has 1 saturated heterocycles. The number of fused-ring (bicyclic) bond motifs is 1. The van der Waals surface area contributed by atoms with E-state index in [9.17, 15) is 9.18 Å². The maximum atomic E-state index is 13.7. The molecule has 1 fully saturated rings. The fourth-order valence-electron chi connectivity index (χ4n) is 3.49. The van der Waals surface area contributed by atoms with Crippen molar-refractivity contribution in [3.8, 4) is 0 Å². The number of carbonyl (C=O) groups is 1. The first kappa shape index (κ1) is 18.5. The van der Waals surface area contributed by atoms with Gasteiger partial charge in [-0.2, -0.15) is 0 Å². The maximum Gasteiger partial charge on any atom is 0.239 e. The Morgan fingerprint density at radius 3 is 3.14 bits per heavy atom. The minimum atomic E-state index is -0.444. The third-order valence-corrected chi connectivity index (χ3v) is 5.02. The molecule has 4 rings (SSSR count). The number of nitrogens with one attached hydrogen (secondary N) is 3. The smallest absolute Gasteiger partial charge is 0.239 e. The number of anilines is 2. The molecule has 1 aliphatic heterocycles. The number of rotatable bonds is 5. The Labute approximate surface area is 166 Å². The van der Waals surface area contributed by atoms with E-state index in [0.717, 1.165) is 36.2 Å². The van der Waals surface area contributed by atoms with Crippen LogP contribution in [0.4, 0.5) is 15.9 Å². The molecular formula is C19H20ClFN6O. The first-order valence-electron chi connectivity index (χ1n) is 9.11. The second kappa shape index (κ2) is 8.02. The van der Waals surface area contributed by atoms with Gasteiger partial charge in [0, 0.05) is 30.4 Å². The number of nitrogens with zero attached hydrogens (tertiary/aromatic N) is 3. The molecule has 0 spiro atoms. The average Bonchev–Trinajstić information content (AvgIpc) is 3.18. The van der Waals surface area contributed by atoms with Crippen molar-refractivity contribution in [3.05, 3.63) is 47.6 Å². The van der Waals surface area contributed by atoms with Crippen molar-refractivity contribution in [1.29, 1.82) is 0 Å². The molecule has 1 amide bonds. The predicted octanol–water partition coefficient (Wildman–Crippen LogP) is 2.95. The van der Waals surface area contributed by atoms with Crippen molar-refractivity contribution in [2.24, 2.45) is 0 Å². The number of aromatic amines is 1. The first-order valence-corrected chi connectivity index (χ1v) is 9.49. The SMILES string of the molecule is O=C(CNc1cc(Cl)ccc1F)NC1CCCN(c2ncnc3[nH]ccc23)C1. The normalized spacial score (nSPS) is 16.9. The van der Waals surface area contributed by atoms with Gasteiger partial charge in [-0.05, 0) is 37.1 Å². The number of aromatic nitrogens is 3. The number of hydrogen-bond donors (Lipinski definition) is 3. The zero-order valence-electron chi connectivity index (χ0n) is 15.1. The van der Waals surface area contributed by atoms with Crippen molar-refractivity contribution >= 4 is 40.0 Å². The Morgan fingerprint density at radius 2 is 2.25 bits per heavy atom. The Bertz CT molecular complexity index is 993. The molecule has 7 nitrogen and oxygen atoms in total. The van der Waals surface area contributed by atoms with Crippen LogP contribution in [0, 0.1) is 5.82 Å². The van der Waals surface area contributed by atoms with Gasteiger partial charge in [0.2, 0.25) is 5.91 Å². The second-order valence-electron chi connectivity index (χ2n) is 6.77. The second-order valence-corrected chi connectivity index (χ2v) is 7.20. The van der Waals surface area contributed by atoms with E-state index < -0.39 is 5.82 Å². The minimum absolute atomic E-state index is 0.00350. The summed E-state index contributed by atoms with van der Waals surface area (Å²) in [7, 11) is 0. The Kier molecular flexibility index (Phi) is 5.29. The molecule has 3 aromatic rings. The fraction of sp³-hybridized carbons (Fsp3) is 0.316. The Morgan fingerprint density at radius 1 is 1.36 bits per heavy atom. The van der Waals surface area contributed by atoms with Gasteiger partial charge in [-0.15, -0.1) is 0 Å². The quantitative estimate of drug-likeness (QED) is 0.611. The topological polar surface area (TPSA) is 85.9 Å². The van der Waals surface area contributed by atoms with E-state index in [2.05, 4.69) is 30.5 Å². The van der Waals surface area contributed by atoms with Crippen molar-refractivity contribution in [2.75, 3.05) is 29.9 Å². The van der Waals surface area contributed by atoms with Crippen LogP contribution in [0.3, 0.4) is 0 Å². The third kappa shape index (κ3) is 4.01. The molecule has 2 aromatic heterocycles. The van der Waals surface area contributed by atoms with E-state index in [1.807, 2.05) is 12.3 Å². The van der Waals surface area contributed by atoms with Crippen molar-refractivity contribution in [1.82, 2.24) is 20.3 Å². The van der Waals surface area contributed by atoms with Crippen molar-refractivity contribution in [3.63, 3.8) is 0 Å². The lowest BCUT2D eigenvalue weighted by atomic mass is 10.1. The van der Waals surface area contributed by atoms with Crippen molar-refractivity contribution < 1.29 is 9.18 Å². The van der Waals surface area contributed by atoms with Crippen LogP contribution in [0.25, 0.3) is 11.0 Å². The van der Waals surface area contributed by atoms with E-state index in [1.165, 1.54) is 18.2 Å². The lowest BCUT2D eigenvalue weighted by Crippen LogP contribution is -2.49. The molecule has 0 saturated carbocycles. The number of amides is 1. The summed E-state index contributed by atoms with van der Waals surface area (Å²) >= 11 is 5.87. The molecule has 0 radical (unpaired) electrons. The molecule has 3 heterocycles. The number of benzene rings is 1. The van der Waals surface area contributed by atoms with Gasteiger partial charge in [0.25, 0.3) is 0 Å². The monoisotopic (exact) mass is 402 g/mol. The van der Waals surface area contributed by atoms with E-state index >= 15 is 0 Å². The van der Waals surface area contributed by atoms with E-state index in [-0.39, 0.29) is 24.2 Å². The molecule has 28 heavy (non-hydrogen) atoms. The van der Waals surface area contributed by atoms with Gasteiger partial charge in [0.05, 0.1) is 17.6 Å².